The standard InChI is InChI=1S/C9H15NO5/c11-5-4-9(2-1-3-9)6-10(7(12)13)8(14)15/h11H,1-6H2,(H,12,13)(H,14,15). The maximum absolute atomic E-state index is 10.6. The van der Waals surface area contributed by atoms with Crippen LogP contribution in [-0.2, 0) is 0 Å². The van der Waals surface area contributed by atoms with E-state index in [0.29, 0.717) is 11.3 Å². The first kappa shape index (κ1) is 11.8. The Morgan fingerprint density at radius 3 is 2.00 bits per heavy atom. The van der Waals surface area contributed by atoms with Crippen LogP contribution in [0.4, 0.5) is 9.59 Å². The number of carbonyl (C=O) groups is 2. The number of amides is 2. The Labute approximate surface area is 87.1 Å². The van der Waals surface area contributed by atoms with Gasteiger partial charge in [-0.1, -0.05) is 6.42 Å². The van der Waals surface area contributed by atoms with Crippen molar-refractivity contribution in [2.45, 2.75) is 25.7 Å². The van der Waals surface area contributed by atoms with Crippen molar-refractivity contribution >= 4 is 12.2 Å². The van der Waals surface area contributed by atoms with Gasteiger partial charge in [0.1, 0.15) is 0 Å². The van der Waals surface area contributed by atoms with E-state index in [1.165, 1.54) is 0 Å². The lowest BCUT2D eigenvalue weighted by Gasteiger charge is -2.43. The number of nitrogens with zero attached hydrogens (tertiary/aromatic N) is 1. The van der Waals surface area contributed by atoms with Crippen LogP contribution in [0, 0.1) is 5.41 Å². The van der Waals surface area contributed by atoms with Gasteiger partial charge in [0.15, 0.2) is 0 Å². The van der Waals surface area contributed by atoms with Crippen molar-refractivity contribution in [2.24, 2.45) is 5.41 Å². The Balaban J connectivity index is 2.63. The zero-order valence-corrected chi connectivity index (χ0v) is 8.35. The summed E-state index contributed by atoms with van der Waals surface area (Å²) in [6, 6.07) is 0. The van der Waals surface area contributed by atoms with Crippen LogP contribution < -0.4 is 0 Å². The van der Waals surface area contributed by atoms with Crippen LogP contribution in [0.3, 0.4) is 0 Å². The van der Waals surface area contributed by atoms with E-state index >= 15 is 0 Å². The van der Waals surface area contributed by atoms with Gasteiger partial charge in [-0.15, -0.1) is 0 Å². The molecule has 0 spiro atoms. The van der Waals surface area contributed by atoms with Crippen LogP contribution in [0.25, 0.3) is 0 Å². The van der Waals surface area contributed by atoms with Crippen molar-refractivity contribution in [2.75, 3.05) is 13.2 Å². The third kappa shape index (κ3) is 2.59. The zero-order chi connectivity index (χ0) is 11.5. The number of aliphatic hydroxyl groups excluding tert-OH is 1. The third-order valence-corrected chi connectivity index (χ3v) is 3.01. The highest BCUT2D eigenvalue weighted by molar-refractivity contribution is 5.85. The van der Waals surface area contributed by atoms with Gasteiger partial charge in [0.2, 0.25) is 0 Å². The maximum atomic E-state index is 10.6. The van der Waals surface area contributed by atoms with Crippen LogP contribution in [0.15, 0.2) is 0 Å². The second-order valence-corrected chi connectivity index (χ2v) is 3.98. The quantitative estimate of drug-likeness (QED) is 0.657. The molecule has 6 nitrogen and oxygen atoms in total. The number of hydrogen-bond donors (Lipinski definition) is 3. The summed E-state index contributed by atoms with van der Waals surface area (Å²) in [4.78, 5) is 21.7. The molecule has 1 rings (SSSR count). The number of hydrogen-bond acceptors (Lipinski definition) is 3. The SMILES string of the molecule is O=C(O)N(CC1(CCO)CCC1)C(=O)O. The maximum Gasteiger partial charge on any atom is 0.416 e. The molecule has 1 aliphatic rings. The van der Waals surface area contributed by atoms with Crippen molar-refractivity contribution in [3.8, 4) is 0 Å². The Morgan fingerprint density at radius 2 is 1.73 bits per heavy atom. The molecular formula is C9H15NO5. The predicted molar refractivity (Wildman–Crippen MR) is 50.7 cm³/mol. The van der Waals surface area contributed by atoms with Gasteiger partial charge in [-0.25, -0.2) is 14.5 Å². The fourth-order valence-corrected chi connectivity index (χ4v) is 1.95. The van der Waals surface area contributed by atoms with Crippen molar-refractivity contribution < 1.29 is 24.9 Å². The molecule has 0 heterocycles. The predicted octanol–water partition coefficient (Wildman–Crippen LogP) is 1.20. The minimum Gasteiger partial charge on any atom is -0.465 e. The molecule has 0 saturated heterocycles. The van der Waals surface area contributed by atoms with Gasteiger partial charge in [0.25, 0.3) is 0 Å². The summed E-state index contributed by atoms with van der Waals surface area (Å²) < 4.78 is 0. The first-order chi connectivity index (χ1) is 7.01. The monoisotopic (exact) mass is 217 g/mol. The summed E-state index contributed by atoms with van der Waals surface area (Å²) in [7, 11) is 0. The van der Waals surface area contributed by atoms with E-state index in [9.17, 15) is 9.59 Å². The molecule has 6 heteroatoms. The molecular weight excluding hydrogens is 202 g/mol. The lowest BCUT2D eigenvalue weighted by Crippen LogP contribution is -2.47. The van der Waals surface area contributed by atoms with Gasteiger partial charge in [-0.3, -0.25) is 0 Å². The highest BCUT2D eigenvalue weighted by Crippen LogP contribution is 2.44. The number of imide groups is 1. The van der Waals surface area contributed by atoms with Gasteiger partial charge in [0.05, 0.1) is 0 Å². The van der Waals surface area contributed by atoms with E-state index in [1.54, 1.807) is 0 Å². The molecule has 0 aromatic heterocycles. The van der Waals surface area contributed by atoms with Gasteiger partial charge in [-0.2, -0.15) is 0 Å². The van der Waals surface area contributed by atoms with E-state index < -0.39 is 12.2 Å². The van der Waals surface area contributed by atoms with E-state index in [4.69, 9.17) is 15.3 Å². The van der Waals surface area contributed by atoms with Crippen LogP contribution in [0.1, 0.15) is 25.7 Å². The minimum atomic E-state index is -1.45. The highest BCUT2D eigenvalue weighted by atomic mass is 16.4. The van der Waals surface area contributed by atoms with Crippen LogP contribution >= 0.6 is 0 Å². The molecule has 15 heavy (non-hydrogen) atoms. The summed E-state index contributed by atoms with van der Waals surface area (Å²) in [6.07, 6.45) is 0.0882. The minimum absolute atomic E-state index is 0.0295. The molecule has 1 saturated carbocycles. The summed E-state index contributed by atoms with van der Waals surface area (Å²) >= 11 is 0. The molecule has 0 bridgehead atoms. The van der Waals surface area contributed by atoms with Crippen molar-refractivity contribution in [1.82, 2.24) is 4.90 Å². The molecule has 86 valence electrons. The Morgan fingerprint density at radius 1 is 1.20 bits per heavy atom. The third-order valence-electron chi connectivity index (χ3n) is 3.01. The van der Waals surface area contributed by atoms with E-state index in [2.05, 4.69) is 0 Å². The van der Waals surface area contributed by atoms with Gasteiger partial charge >= 0.3 is 12.2 Å². The summed E-state index contributed by atoms with van der Waals surface area (Å²) in [6.45, 7) is -0.0642. The number of carboxylic acid groups (broad SMARTS) is 2. The van der Waals surface area contributed by atoms with Crippen LogP contribution in [0.5, 0.6) is 0 Å². The molecule has 0 aromatic carbocycles. The van der Waals surface area contributed by atoms with Gasteiger partial charge < -0.3 is 15.3 Å². The van der Waals surface area contributed by atoms with Crippen LogP contribution in [-0.4, -0.2) is 45.6 Å². The average Bonchev–Trinajstić information content (AvgIpc) is 2.08. The fourth-order valence-electron chi connectivity index (χ4n) is 1.95. The molecule has 3 N–H and O–H groups in total. The molecule has 1 fully saturated rings. The highest BCUT2D eigenvalue weighted by Gasteiger charge is 2.40. The van der Waals surface area contributed by atoms with E-state index in [-0.39, 0.29) is 18.6 Å². The first-order valence-corrected chi connectivity index (χ1v) is 4.85. The molecule has 0 aliphatic heterocycles. The molecule has 0 unspecified atom stereocenters. The molecule has 0 aromatic rings. The Hall–Kier alpha value is -1.30. The summed E-state index contributed by atoms with van der Waals surface area (Å²) in [5.41, 5.74) is -0.328. The lowest BCUT2D eigenvalue weighted by atomic mass is 9.66. The smallest absolute Gasteiger partial charge is 0.416 e. The fraction of sp³-hybridized carbons (Fsp3) is 0.778. The van der Waals surface area contributed by atoms with Gasteiger partial charge in [0, 0.05) is 13.2 Å². The van der Waals surface area contributed by atoms with Gasteiger partial charge in [-0.05, 0) is 24.7 Å². The van der Waals surface area contributed by atoms with Crippen molar-refractivity contribution in [3.05, 3.63) is 0 Å². The van der Waals surface area contributed by atoms with E-state index in [0.717, 1.165) is 19.3 Å². The van der Waals surface area contributed by atoms with Crippen molar-refractivity contribution in [1.29, 1.82) is 0 Å². The van der Waals surface area contributed by atoms with Crippen molar-refractivity contribution in [3.63, 3.8) is 0 Å². The second kappa shape index (κ2) is 4.48. The molecule has 0 atom stereocenters. The molecule has 0 radical (unpaired) electrons. The molecule has 1 aliphatic carbocycles. The van der Waals surface area contributed by atoms with Crippen LogP contribution in [0.2, 0.25) is 0 Å². The zero-order valence-electron chi connectivity index (χ0n) is 8.35. The largest absolute Gasteiger partial charge is 0.465 e. The molecule has 2 amide bonds. The summed E-state index contributed by atoms with van der Waals surface area (Å²) in [5.74, 6) is 0. The topological polar surface area (TPSA) is 98.1 Å². The average molecular weight is 217 g/mol. The number of aliphatic hydroxyl groups is 1. The summed E-state index contributed by atoms with van der Waals surface area (Å²) in [5, 5.41) is 26.2. The van der Waals surface area contributed by atoms with E-state index in [1.807, 2.05) is 0 Å². The normalized spacial score (nSPS) is 17.9. The Kier molecular flexibility index (Phi) is 3.52. The first-order valence-electron chi connectivity index (χ1n) is 4.85. The second-order valence-electron chi connectivity index (χ2n) is 3.98. The Bertz CT molecular complexity index is 247. The lowest BCUT2D eigenvalue weighted by molar-refractivity contribution is 0.0408. The number of rotatable bonds is 4.